The molecule has 0 radical (unpaired) electrons. The second kappa shape index (κ2) is 6.24. The van der Waals surface area contributed by atoms with Crippen molar-refractivity contribution in [3.63, 3.8) is 0 Å². The molecule has 100 valence electrons. The number of rotatable bonds is 4. The van der Waals surface area contributed by atoms with Crippen LogP contribution in [0.5, 0.6) is 0 Å². The topological polar surface area (TPSA) is 91.7 Å². The SMILES string of the molecule is O=C(NN=Cc1ccccc1C(=O)O)c1ccccn1. The number of carbonyl (C=O) groups is 2. The van der Waals surface area contributed by atoms with E-state index in [1.54, 1.807) is 36.4 Å². The van der Waals surface area contributed by atoms with E-state index in [1.165, 1.54) is 18.5 Å². The van der Waals surface area contributed by atoms with Gasteiger partial charge in [0.05, 0.1) is 11.8 Å². The normalized spacial score (nSPS) is 10.4. The second-order valence-corrected chi connectivity index (χ2v) is 3.81. The Hall–Kier alpha value is -3.02. The third kappa shape index (κ3) is 3.26. The van der Waals surface area contributed by atoms with Crippen LogP contribution in [0.15, 0.2) is 53.8 Å². The largest absolute Gasteiger partial charge is 0.478 e. The number of benzene rings is 1. The first-order valence-electron chi connectivity index (χ1n) is 5.75. The highest BCUT2D eigenvalue weighted by Gasteiger charge is 2.07. The summed E-state index contributed by atoms with van der Waals surface area (Å²) < 4.78 is 0. The van der Waals surface area contributed by atoms with Gasteiger partial charge in [0.2, 0.25) is 0 Å². The molecule has 0 fully saturated rings. The highest BCUT2D eigenvalue weighted by Crippen LogP contribution is 2.05. The summed E-state index contributed by atoms with van der Waals surface area (Å²) in [5, 5.41) is 12.7. The summed E-state index contributed by atoms with van der Waals surface area (Å²) >= 11 is 0. The molecule has 6 nitrogen and oxygen atoms in total. The minimum atomic E-state index is -1.05. The van der Waals surface area contributed by atoms with Crippen LogP contribution in [-0.2, 0) is 0 Å². The molecule has 0 aliphatic heterocycles. The quantitative estimate of drug-likeness (QED) is 0.650. The number of aromatic carboxylic acids is 1. The van der Waals surface area contributed by atoms with Crippen molar-refractivity contribution in [2.45, 2.75) is 0 Å². The lowest BCUT2D eigenvalue weighted by atomic mass is 10.1. The summed E-state index contributed by atoms with van der Waals surface area (Å²) in [6, 6.07) is 11.3. The molecule has 0 aliphatic rings. The predicted octanol–water partition coefficient (Wildman–Crippen LogP) is 1.54. The van der Waals surface area contributed by atoms with Crippen molar-refractivity contribution in [1.29, 1.82) is 0 Å². The number of hydrogen-bond donors (Lipinski definition) is 2. The van der Waals surface area contributed by atoms with E-state index < -0.39 is 11.9 Å². The van der Waals surface area contributed by atoms with Crippen LogP contribution in [0.25, 0.3) is 0 Å². The predicted molar refractivity (Wildman–Crippen MR) is 72.7 cm³/mol. The lowest BCUT2D eigenvalue weighted by Crippen LogP contribution is -2.18. The fourth-order valence-electron chi connectivity index (χ4n) is 1.52. The van der Waals surface area contributed by atoms with E-state index in [-0.39, 0.29) is 11.3 Å². The van der Waals surface area contributed by atoms with Crippen LogP contribution >= 0.6 is 0 Å². The smallest absolute Gasteiger partial charge is 0.336 e. The molecule has 0 bridgehead atoms. The van der Waals surface area contributed by atoms with Gasteiger partial charge in [0.1, 0.15) is 5.69 Å². The molecule has 0 unspecified atom stereocenters. The van der Waals surface area contributed by atoms with E-state index >= 15 is 0 Å². The summed E-state index contributed by atoms with van der Waals surface area (Å²) in [5.74, 6) is -1.52. The van der Waals surface area contributed by atoms with Crippen LogP contribution in [0.2, 0.25) is 0 Å². The molecular weight excluding hydrogens is 258 g/mol. The van der Waals surface area contributed by atoms with E-state index in [2.05, 4.69) is 15.5 Å². The van der Waals surface area contributed by atoms with Crippen LogP contribution in [-0.4, -0.2) is 28.2 Å². The summed E-state index contributed by atoms with van der Waals surface area (Å²) in [6.45, 7) is 0. The number of nitrogens with zero attached hydrogens (tertiary/aromatic N) is 2. The van der Waals surface area contributed by atoms with E-state index in [9.17, 15) is 9.59 Å². The molecule has 1 heterocycles. The Kier molecular flexibility index (Phi) is 4.18. The number of amides is 1. The van der Waals surface area contributed by atoms with Gasteiger partial charge in [-0.15, -0.1) is 0 Å². The summed E-state index contributed by atoms with van der Waals surface area (Å²) in [7, 11) is 0. The van der Waals surface area contributed by atoms with Gasteiger partial charge in [0.25, 0.3) is 5.91 Å². The molecular formula is C14H11N3O3. The van der Waals surface area contributed by atoms with Gasteiger partial charge in [0, 0.05) is 11.8 Å². The molecule has 0 spiro atoms. The van der Waals surface area contributed by atoms with E-state index in [0.717, 1.165) is 0 Å². The zero-order valence-corrected chi connectivity index (χ0v) is 10.4. The Morgan fingerprint density at radius 3 is 2.60 bits per heavy atom. The fourth-order valence-corrected chi connectivity index (χ4v) is 1.52. The Morgan fingerprint density at radius 1 is 1.15 bits per heavy atom. The molecule has 2 rings (SSSR count). The number of carboxylic acids is 1. The molecule has 0 saturated heterocycles. The molecule has 0 atom stereocenters. The second-order valence-electron chi connectivity index (χ2n) is 3.81. The molecule has 1 aromatic carbocycles. The number of aromatic nitrogens is 1. The molecule has 0 aliphatic carbocycles. The Bertz CT molecular complexity index is 654. The van der Waals surface area contributed by atoms with Gasteiger partial charge < -0.3 is 5.11 Å². The van der Waals surface area contributed by atoms with Crippen LogP contribution in [0, 0.1) is 0 Å². The lowest BCUT2D eigenvalue weighted by molar-refractivity contribution is 0.0696. The fraction of sp³-hybridized carbons (Fsp3) is 0. The van der Waals surface area contributed by atoms with Gasteiger partial charge in [-0.3, -0.25) is 9.78 Å². The Labute approximate surface area is 114 Å². The van der Waals surface area contributed by atoms with Crippen molar-refractivity contribution in [3.05, 3.63) is 65.5 Å². The Morgan fingerprint density at radius 2 is 1.90 bits per heavy atom. The van der Waals surface area contributed by atoms with Crippen molar-refractivity contribution in [2.24, 2.45) is 5.10 Å². The summed E-state index contributed by atoms with van der Waals surface area (Å²) in [4.78, 5) is 26.5. The maximum absolute atomic E-state index is 11.7. The average molecular weight is 269 g/mol. The van der Waals surface area contributed by atoms with Gasteiger partial charge in [-0.2, -0.15) is 5.10 Å². The molecule has 0 saturated carbocycles. The van der Waals surface area contributed by atoms with Gasteiger partial charge in [-0.1, -0.05) is 24.3 Å². The van der Waals surface area contributed by atoms with Gasteiger partial charge >= 0.3 is 5.97 Å². The van der Waals surface area contributed by atoms with Crippen LogP contribution in [0.4, 0.5) is 0 Å². The molecule has 20 heavy (non-hydrogen) atoms. The van der Waals surface area contributed by atoms with Crippen molar-refractivity contribution in [2.75, 3.05) is 0 Å². The first-order valence-corrected chi connectivity index (χ1v) is 5.75. The molecule has 2 N–H and O–H groups in total. The number of nitrogens with one attached hydrogen (secondary N) is 1. The van der Waals surface area contributed by atoms with Crippen molar-refractivity contribution in [1.82, 2.24) is 10.4 Å². The number of carboxylic acid groups (broad SMARTS) is 1. The molecule has 6 heteroatoms. The van der Waals surface area contributed by atoms with Crippen molar-refractivity contribution < 1.29 is 14.7 Å². The van der Waals surface area contributed by atoms with Crippen LogP contribution in [0.3, 0.4) is 0 Å². The monoisotopic (exact) mass is 269 g/mol. The zero-order valence-electron chi connectivity index (χ0n) is 10.4. The minimum absolute atomic E-state index is 0.114. The van der Waals surface area contributed by atoms with E-state index in [1.807, 2.05) is 0 Å². The van der Waals surface area contributed by atoms with Crippen LogP contribution in [0.1, 0.15) is 26.4 Å². The van der Waals surface area contributed by atoms with Gasteiger partial charge in [-0.05, 0) is 18.2 Å². The maximum atomic E-state index is 11.7. The summed E-state index contributed by atoms with van der Waals surface area (Å²) in [6.07, 6.45) is 2.78. The van der Waals surface area contributed by atoms with Gasteiger partial charge in [-0.25, -0.2) is 10.2 Å². The molecule has 2 aromatic rings. The number of carbonyl (C=O) groups excluding carboxylic acids is 1. The number of hydrazone groups is 1. The van der Waals surface area contributed by atoms with Crippen LogP contribution < -0.4 is 5.43 Å². The lowest BCUT2D eigenvalue weighted by Gasteiger charge is -2.00. The standard InChI is InChI=1S/C14H11N3O3/c18-13(12-7-3-4-8-15-12)17-16-9-10-5-1-2-6-11(10)14(19)20/h1-9H,(H,17,18)(H,19,20). The molecule has 1 amide bonds. The van der Waals surface area contributed by atoms with Gasteiger partial charge in [0.15, 0.2) is 0 Å². The highest BCUT2D eigenvalue weighted by molar-refractivity contribution is 5.99. The zero-order chi connectivity index (χ0) is 14.4. The minimum Gasteiger partial charge on any atom is -0.478 e. The third-order valence-electron chi connectivity index (χ3n) is 2.46. The van der Waals surface area contributed by atoms with Crippen molar-refractivity contribution in [3.8, 4) is 0 Å². The van der Waals surface area contributed by atoms with E-state index in [4.69, 9.17) is 5.11 Å². The van der Waals surface area contributed by atoms with Crippen molar-refractivity contribution >= 4 is 18.1 Å². The number of hydrogen-bond acceptors (Lipinski definition) is 4. The maximum Gasteiger partial charge on any atom is 0.336 e. The Balaban J connectivity index is 2.08. The first-order chi connectivity index (χ1) is 9.68. The third-order valence-corrected chi connectivity index (χ3v) is 2.46. The average Bonchev–Trinajstić information content (AvgIpc) is 2.48. The highest BCUT2D eigenvalue weighted by atomic mass is 16.4. The van der Waals surface area contributed by atoms with E-state index in [0.29, 0.717) is 5.56 Å². The first kappa shape index (κ1) is 13.4. The molecule has 1 aromatic heterocycles. The number of pyridine rings is 1. The summed E-state index contributed by atoms with van der Waals surface area (Å²) in [5.41, 5.74) is 3.04.